The Labute approximate surface area is 99.7 Å². The lowest BCUT2D eigenvalue weighted by Gasteiger charge is -2.39. The maximum absolute atomic E-state index is 11.7. The van der Waals surface area contributed by atoms with Gasteiger partial charge in [-0.15, -0.1) is 0 Å². The zero-order valence-electron chi connectivity index (χ0n) is 11.6. The van der Waals surface area contributed by atoms with E-state index in [1.807, 2.05) is 4.90 Å². The molecule has 92 valence electrons. The topological polar surface area (TPSA) is 20.3 Å². The number of amides is 1. The molecule has 0 aromatic carbocycles. The standard InChI is InChI=1S/C14H25NO/c1-10(2)15(12(4)16)13-8-7-9-14(5,6)11(13)3/h10H,7-9H2,1-6H3. The van der Waals surface area contributed by atoms with Gasteiger partial charge in [0.25, 0.3) is 0 Å². The number of hydrogen-bond donors (Lipinski definition) is 0. The van der Waals surface area contributed by atoms with Gasteiger partial charge in [0.15, 0.2) is 0 Å². The van der Waals surface area contributed by atoms with E-state index in [9.17, 15) is 4.79 Å². The Morgan fingerprint density at radius 3 is 2.38 bits per heavy atom. The molecular weight excluding hydrogens is 198 g/mol. The van der Waals surface area contributed by atoms with Gasteiger partial charge in [0, 0.05) is 18.7 Å². The summed E-state index contributed by atoms with van der Waals surface area (Å²) in [5, 5.41) is 0. The molecule has 1 amide bonds. The van der Waals surface area contributed by atoms with Crippen LogP contribution in [0.1, 0.15) is 60.8 Å². The van der Waals surface area contributed by atoms with E-state index in [1.165, 1.54) is 24.1 Å². The van der Waals surface area contributed by atoms with Crippen molar-refractivity contribution in [1.82, 2.24) is 4.90 Å². The first kappa shape index (κ1) is 13.3. The summed E-state index contributed by atoms with van der Waals surface area (Å²) in [6, 6.07) is 0.261. The van der Waals surface area contributed by atoms with E-state index < -0.39 is 0 Å². The molecule has 0 saturated heterocycles. The number of rotatable bonds is 2. The Balaban J connectivity index is 3.14. The predicted molar refractivity (Wildman–Crippen MR) is 68.0 cm³/mol. The first-order chi connectivity index (χ1) is 7.27. The SMILES string of the molecule is CC(=O)N(C1=C(C)C(C)(C)CCC1)C(C)C. The van der Waals surface area contributed by atoms with Crippen LogP contribution in [0.4, 0.5) is 0 Å². The van der Waals surface area contributed by atoms with Crippen molar-refractivity contribution in [2.45, 2.75) is 66.8 Å². The molecule has 0 N–H and O–H groups in total. The Hall–Kier alpha value is -0.790. The summed E-state index contributed by atoms with van der Waals surface area (Å²) in [5.41, 5.74) is 2.90. The molecule has 0 aromatic rings. The largest absolute Gasteiger partial charge is 0.314 e. The highest BCUT2D eigenvalue weighted by molar-refractivity contribution is 5.75. The Bertz CT molecular complexity index is 313. The molecule has 1 aliphatic carbocycles. The first-order valence-electron chi connectivity index (χ1n) is 6.27. The van der Waals surface area contributed by atoms with Crippen molar-refractivity contribution in [2.75, 3.05) is 0 Å². The number of carbonyl (C=O) groups excluding carboxylic acids is 1. The van der Waals surface area contributed by atoms with Gasteiger partial charge in [-0.2, -0.15) is 0 Å². The lowest BCUT2D eigenvalue weighted by molar-refractivity contribution is -0.128. The maximum Gasteiger partial charge on any atom is 0.223 e. The molecule has 0 fully saturated rings. The predicted octanol–water partition coefficient (Wildman–Crippen LogP) is 3.73. The Morgan fingerprint density at radius 2 is 1.94 bits per heavy atom. The van der Waals surface area contributed by atoms with Crippen LogP contribution in [-0.4, -0.2) is 16.8 Å². The minimum absolute atomic E-state index is 0.169. The molecule has 16 heavy (non-hydrogen) atoms. The molecule has 2 heteroatoms. The highest BCUT2D eigenvalue weighted by Gasteiger charge is 2.31. The summed E-state index contributed by atoms with van der Waals surface area (Å²) >= 11 is 0. The second kappa shape index (κ2) is 4.60. The molecule has 0 spiro atoms. The Morgan fingerprint density at radius 1 is 1.38 bits per heavy atom. The van der Waals surface area contributed by atoms with Gasteiger partial charge in [-0.1, -0.05) is 13.8 Å². The monoisotopic (exact) mass is 223 g/mol. The van der Waals surface area contributed by atoms with Crippen molar-refractivity contribution in [3.05, 3.63) is 11.3 Å². The Kier molecular flexibility index (Phi) is 3.82. The normalized spacial score (nSPS) is 20.2. The molecule has 0 unspecified atom stereocenters. The molecule has 0 radical (unpaired) electrons. The van der Waals surface area contributed by atoms with Crippen LogP contribution in [-0.2, 0) is 4.79 Å². The van der Waals surface area contributed by atoms with Crippen LogP contribution in [0.5, 0.6) is 0 Å². The molecule has 1 aliphatic rings. The van der Waals surface area contributed by atoms with Crippen molar-refractivity contribution >= 4 is 5.91 Å². The van der Waals surface area contributed by atoms with E-state index in [-0.39, 0.29) is 17.4 Å². The summed E-state index contributed by atoms with van der Waals surface area (Å²) in [7, 11) is 0. The summed E-state index contributed by atoms with van der Waals surface area (Å²) in [4.78, 5) is 13.7. The van der Waals surface area contributed by atoms with Crippen LogP contribution < -0.4 is 0 Å². The quantitative estimate of drug-likeness (QED) is 0.698. The van der Waals surface area contributed by atoms with Crippen LogP contribution in [0, 0.1) is 5.41 Å². The third-order valence-electron chi connectivity index (χ3n) is 3.81. The molecule has 0 heterocycles. The molecule has 0 atom stereocenters. The third-order valence-corrected chi connectivity index (χ3v) is 3.81. The minimum Gasteiger partial charge on any atom is -0.314 e. The first-order valence-corrected chi connectivity index (χ1v) is 6.27. The summed E-state index contributed by atoms with van der Waals surface area (Å²) in [6.07, 6.45) is 3.47. The van der Waals surface area contributed by atoms with Gasteiger partial charge >= 0.3 is 0 Å². The van der Waals surface area contributed by atoms with Gasteiger partial charge in [0.1, 0.15) is 0 Å². The van der Waals surface area contributed by atoms with Crippen LogP contribution in [0.25, 0.3) is 0 Å². The van der Waals surface area contributed by atoms with Gasteiger partial charge in [-0.3, -0.25) is 4.79 Å². The van der Waals surface area contributed by atoms with E-state index >= 15 is 0 Å². The number of carbonyl (C=O) groups is 1. The van der Waals surface area contributed by atoms with E-state index in [1.54, 1.807) is 6.92 Å². The average molecular weight is 223 g/mol. The van der Waals surface area contributed by atoms with Crippen molar-refractivity contribution in [1.29, 1.82) is 0 Å². The van der Waals surface area contributed by atoms with Gasteiger partial charge in [0.2, 0.25) is 5.91 Å². The highest BCUT2D eigenvalue weighted by atomic mass is 16.2. The molecule has 0 bridgehead atoms. The van der Waals surface area contributed by atoms with Crippen LogP contribution in [0.3, 0.4) is 0 Å². The van der Waals surface area contributed by atoms with Gasteiger partial charge in [-0.05, 0) is 51.0 Å². The number of allylic oxidation sites excluding steroid dienone is 2. The fourth-order valence-electron chi connectivity index (χ4n) is 2.63. The van der Waals surface area contributed by atoms with Crippen LogP contribution in [0.2, 0.25) is 0 Å². The molecule has 1 rings (SSSR count). The van der Waals surface area contributed by atoms with Gasteiger partial charge < -0.3 is 4.90 Å². The summed E-state index contributed by atoms with van der Waals surface area (Å²) < 4.78 is 0. The molecule has 0 aromatic heterocycles. The lowest BCUT2D eigenvalue weighted by atomic mass is 9.74. The fourth-order valence-corrected chi connectivity index (χ4v) is 2.63. The third kappa shape index (κ3) is 2.47. The summed E-state index contributed by atoms with van der Waals surface area (Å²) in [6.45, 7) is 12.6. The van der Waals surface area contributed by atoms with E-state index in [2.05, 4.69) is 34.6 Å². The summed E-state index contributed by atoms with van der Waals surface area (Å²) in [5.74, 6) is 0.169. The van der Waals surface area contributed by atoms with E-state index in [4.69, 9.17) is 0 Å². The zero-order chi connectivity index (χ0) is 12.5. The zero-order valence-corrected chi connectivity index (χ0v) is 11.6. The lowest BCUT2D eigenvalue weighted by Crippen LogP contribution is -2.38. The van der Waals surface area contributed by atoms with Crippen LogP contribution >= 0.6 is 0 Å². The smallest absolute Gasteiger partial charge is 0.223 e. The molecular formula is C14H25NO. The van der Waals surface area contributed by atoms with Crippen molar-refractivity contribution in [2.24, 2.45) is 5.41 Å². The second-order valence-corrected chi connectivity index (χ2v) is 5.79. The van der Waals surface area contributed by atoms with Crippen molar-refractivity contribution in [3.8, 4) is 0 Å². The fraction of sp³-hybridized carbons (Fsp3) is 0.786. The van der Waals surface area contributed by atoms with E-state index in [0.29, 0.717) is 0 Å². The molecule has 0 saturated carbocycles. The minimum atomic E-state index is 0.169. The average Bonchev–Trinajstić information content (AvgIpc) is 2.11. The number of nitrogens with zero attached hydrogens (tertiary/aromatic N) is 1. The van der Waals surface area contributed by atoms with Gasteiger partial charge in [0.05, 0.1) is 0 Å². The van der Waals surface area contributed by atoms with Gasteiger partial charge in [-0.25, -0.2) is 0 Å². The van der Waals surface area contributed by atoms with Crippen LogP contribution in [0.15, 0.2) is 11.3 Å². The second-order valence-electron chi connectivity index (χ2n) is 5.79. The van der Waals surface area contributed by atoms with E-state index in [0.717, 1.165) is 6.42 Å². The highest BCUT2D eigenvalue weighted by Crippen LogP contribution is 2.41. The van der Waals surface area contributed by atoms with Crippen molar-refractivity contribution in [3.63, 3.8) is 0 Å². The molecule has 0 aliphatic heterocycles. The van der Waals surface area contributed by atoms with Crippen molar-refractivity contribution < 1.29 is 4.79 Å². The molecule has 2 nitrogen and oxygen atoms in total. The maximum atomic E-state index is 11.7. The number of hydrogen-bond acceptors (Lipinski definition) is 1.